The van der Waals surface area contributed by atoms with Gasteiger partial charge in [-0.25, -0.2) is 0 Å². The highest BCUT2D eigenvalue weighted by molar-refractivity contribution is 6.02. The van der Waals surface area contributed by atoms with E-state index in [9.17, 15) is 4.79 Å². The van der Waals surface area contributed by atoms with Gasteiger partial charge in [0.25, 0.3) is 0 Å². The molecule has 0 saturated heterocycles. The molecule has 0 atom stereocenters. The van der Waals surface area contributed by atoms with E-state index in [1.807, 2.05) is 50.2 Å². The minimum Gasteiger partial charge on any atom is -0.398 e. The number of aryl methyl sites for hydroxylation is 2. The summed E-state index contributed by atoms with van der Waals surface area (Å²) in [5, 5.41) is 2.81. The van der Waals surface area contributed by atoms with Crippen LogP contribution in [-0.2, 0) is 11.2 Å². The van der Waals surface area contributed by atoms with Crippen molar-refractivity contribution in [3.05, 3.63) is 65.2 Å². The van der Waals surface area contributed by atoms with Crippen molar-refractivity contribution in [2.24, 2.45) is 0 Å². The zero-order valence-electron chi connectivity index (χ0n) is 12.4. The number of rotatable bonds is 4. The van der Waals surface area contributed by atoms with E-state index < -0.39 is 0 Å². The Bertz CT molecular complexity index is 657. The van der Waals surface area contributed by atoms with E-state index in [1.165, 1.54) is 11.6 Å². The van der Waals surface area contributed by atoms with Gasteiger partial charge in [0.2, 0.25) is 5.91 Å². The van der Waals surface area contributed by atoms with Crippen LogP contribution in [0.25, 0.3) is 6.08 Å². The molecule has 0 aliphatic heterocycles. The van der Waals surface area contributed by atoms with Crippen molar-refractivity contribution < 1.29 is 4.79 Å². The molecule has 0 saturated carbocycles. The molecule has 3 nitrogen and oxygen atoms in total. The predicted octanol–water partition coefficient (Wildman–Crippen LogP) is 3.79. The van der Waals surface area contributed by atoms with Gasteiger partial charge in [-0.1, -0.05) is 42.8 Å². The lowest BCUT2D eigenvalue weighted by Gasteiger charge is -2.07. The van der Waals surface area contributed by atoms with Crippen molar-refractivity contribution >= 4 is 23.4 Å². The largest absolute Gasteiger partial charge is 0.398 e. The second-order valence-corrected chi connectivity index (χ2v) is 5.00. The second kappa shape index (κ2) is 6.75. The first-order chi connectivity index (χ1) is 10.1. The van der Waals surface area contributed by atoms with Crippen LogP contribution < -0.4 is 11.1 Å². The Kier molecular flexibility index (Phi) is 4.77. The number of nitrogen functional groups attached to an aromatic ring is 1. The zero-order valence-corrected chi connectivity index (χ0v) is 12.4. The van der Waals surface area contributed by atoms with Crippen LogP contribution in [0.4, 0.5) is 11.4 Å². The molecule has 1 amide bonds. The first kappa shape index (κ1) is 14.9. The fourth-order valence-corrected chi connectivity index (χ4v) is 2.03. The molecule has 0 fully saturated rings. The molecule has 2 aromatic carbocycles. The highest BCUT2D eigenvalue weighted by atomic mass is 16.1. The maximum Gasteiger partial charge on any atom is 0.248 e. The molecule has 21 heavy (non-hydrogen) atoms. The zero-order chi connectivity index (χ0) is 15.2. The van der Waals surface area contributed by atoms with Gasteiger partial charge in [0.15, 0.2) is 0 Å². The molecule has 2 aromatic rings. The number of anilines is 2. The number of benzene rings is 2. The number of hydrogen-bond acceptors (Lipinski definition) is 2. The molecule has 0 radical (unpaired) electrons. The smallest absolute Gasteiger partial charge is 0.248 e. The van der Waals surface area contributed by atoms with Crippen LogP contribution in [0, 0.1) is 6.92 Å². The van der Waals surface area contributed by atoms with Crippen molar-refractivity contribution in [1.29, 1.82) is 0 Å². The average molecular weight is 280 g/mol. The van der Waals surface area contributed by atoms with Gasteiger partial charge in [-0.2, -0.15) is 0 Å². The first-order valence-electron chi connectivity index (χ1n) is 7.02. The summed E-state index contributed by atoms with van der Waals surface area (Å²) in [5.41, 5.74) is 10.6. The number of hydrogen-bond donors (Lipinski definition) is 2. The molecule has 0 heterocycles. The standard InChI is InChI=1S/C18H20N2O/c1-3-15-9-10-16(12-17(15)19)20-18(21)11-8-14-6-4-13(2)5-7-14/h4-12H,3,19H2,1-2H3,(H,20,21)/b11-8+. The number of amides is 1. The number of carbonyl (C=O) groups is 1. The molecule has 0 aliphatic rings. The molecule has 108 valence electrons. The maximum atomic E-state index is 11.9. The maximum absolute atomic E-state index is 11.9. The van der Waals surface area contributed by atoms with E-state index in [4.69, 9.17) is 5.73 Å². The highest BCUT2D eigenvalue weighted by Gasteiger charge is 2.01. The van der Waals surface area contributed by atoms with Crippen molar-refractivity contribution in [2.75, 3.05) is 11.1 Å². The minimum absolute atomic E-state index is 0.167. The molecule has 0 aromatic heterocycles. The molecule has 3 heteroatoms. The summed E-state index contributed by atoms with van der Waals surface area (Å²) in [7, 11) is 0. The lowest BCUT2D eigenvalue weighted by molar-refractivity contribution is -0.111. The van der Waals surface area contributed by atoms with E-state index in [-0.39, 0.29) is 5.91 Å². The molecule has 0 spiro atoms. The van der Waals surface area contributed by atoms with Crippen LogP contribution in [0.2, 0.25) is 0 Å². The Hall–Kier alpha value is -2.55. The van der Waals surface area contributed by atoms with Gasteiger partial charge >= 0.3 is 0 Å². The van der Waals surface area contributed by atoms with Gasteiger partial charge in [-0.05, 0) is 42.7 Å². The number of carbonyl (C=O) groups excluding carboxylic acids is 1. The Morgan fingerprint density at radius 1 is 1.19 bits per heavy atom. The van der Waals surface area contributed by atoms with Crippen LogP contribution in [0.15, 0.2) is 48.5 Å². The summed E-state index contributed by atoms with van der Waals surface area (Å²) in [4.78, 5) is 11.9. The van der Waals surface area contributed by atoms with E-state index in [0.717, 1.165) is 17.5 Å². The fraction of sp³-hybridized carbons (Fsp3) is 0.167. The molecule has 2 rings (SSSR count). The summed E-state index contributed by atoms with van der Waals surface area (Å²) in [6, 6.07) is 13.6. The Morgan fingerprint density at radius 2 is 1.90 bits per heavy atom. The SMILES string of the molecule is CCc1ccc(NC(=O)/C=C/c2ccc(C)cc2)cc1N. The van der Waals surface area contributed by atoms with Gasteiger partial charge in [0.05, 0.1) is 0 Å². The van der Waals surface area contributed by atoms with Crippen LogP contribution in [0.1, 0.15) is 23.6 Å². The van der Waals surface area contributed by atoms with Gasteiger partial charge in [-0.15, -0.1) is 0 Å². The average Bonchev–Trinajstić information content (AvgIpc) is 2.47. The fourth-order valence-electron chi connectivity index (χ4n) is 2.03. The summed E-state index contributed by atoms with van der Waals surface area (Å²) in [6.07, 6.45) is 4.19. The molecular formula is C18H20N2O. The lowest BCUT2D eigenvalue weighted by atomic mass is 10.1. The normalized spacial score (nSPS) is 10.8. The van der Waals surface area contributed by atoms with Crippen molar-refractivity contribution in [2.45, 2.75) is 20.3 Å². The summed E-state index contributed by atoms with van der Waals surface area (Å²) in [5.74, 6) is -0.167. The topological polar surface area (TPSA) is 55.1 Å². The van der Waals surface area contributed by atoms with Gasteiger partial charge in [0, 0.05) is 17.5 Å². The van der Waals surface area contributed by atoms with Gasteiger partial charge in [-0.3, -0.25) is 4.79 Å². The Labute approximate surface area is 125 Å². The predicted molar refractivity (Wildman–Crippen MR) is 89.1 cm³/mol. The quantitative estimate of drug-likeness (QED) is 0.661. The molecule has 0 unspecified atom stereocenters. The molecule has 3 N–H and O–H groups in total. The van der Waals surface area contributed by atoms with Gasteiger partial charge < -0.3 is 11.1 Å². The monoisotopic (exact) mass is 280 g/mol. The van der Waals surface area contributed by atoms with Gasteiger partial charge in [0.1, 0.15) is 0 Å². The van der Waals surface area contributed by atoms with E-state index in [2.05, 4.69) is 5.32 Å². The Balaban J connectivity index is 2.01. The third-order valence-electron chi connectivity index (χ3n) is 3.30. The Morgan fingerprint density at radius 3 is 2.52 bits per heavy atom. The molecular weight excluding hydrogens is 260 g/mol. The summed E-state index contributed by atoms with van der Waals surface area (Å²) in [6.45, 7) is 4.08. The number of nitrogens with two attached hydrogens (primary N) is 1. The van der Waals surface area contributed by atoms with E-state index >= 15 is 0 Å². The van der Waals surface area contributed by atoms with Crippen molar-refractivity contribution in [3.8, 4) is 0 Å². The van der Waals surface area contributed by atoms with Crippen LogP contribution >= 0.6 is 0 Å². The molecule has 0 aliphatic carbocycles. The lowest BCUT2D eigenvalue weighted by Crippen LogP contribution is -2.08. The summed E-state index contributed by atoms with van der Waals surface area (Å²) >= 11 is 0. The summed E-state index contributed by atoms with van der Waals surface area (Å²) < 4.78 is 0. The third-order valence-corrected chi connectivity index (χ3v) is 3.30. The highest BCUT2D eigenvalue weighted by Crippen LogP contribution is 2.18. The third kappa shape index (κ3) is 4.21. The van der Waals surface area contributed by atoms with Crippen LogP contribution in [-0.4, -0.2) is 5.91 Å². The molecule has 0 bridgehead atoms. The first-order valence-corrected chi connectivity index (χ1v) is 7.02. The van der Waals surface area contributed by atoms with E-state index in [0.29, 0.717) is 11.4 Å². The van der Waals surface area contributed by atoms with Crippen LogP contribution in [0.5, 0.6) is 0 Å². The van der Waals surface area contributed by atoms with Crippen molar-refractivity contribution in [1.82, 2.24) is 0 Å². The minimum atomic E-state index is -0.167. The number of nitrogens with one attached hydrogen (secondary N) is 1. The van der Waals surface area contributed by atoms with Crippen LogP contribution in [0.3, 0.4) is 0 Å². The van der Waals surface area contributed by atoms with Crippen molar-refractivity contribution in [3.63, 3.8) is 0 Å². The second-order valence-electron chi connectivity index (χ2n) is 5.00. The van der Waals surface area contributed by atoms with E-state index in [1.54, 1.807) is 12.1 Å².